The number of aromatic nitrogens is 3. The van der Waals surface area contributed by atoms with Gasteiger partial charge in [-0.1, -0.05) is 6.92 Å². The molecule has 0 aromatic carbocycles. The van der Waals surface area contributed by atoms with E-state index in [0.29, 0.717) is 11.4 Å². The molecule has 9 heteroatoms. The number of nitrogens with zero attached hydrogens (tertiary/aromatic N) is 3. The van der Waals surface area contributed by atoms with Gasteiger partial charge in [-0.3, -0.25) is 9.59 Å². The van der Waals surface area contributed by atoms with Gasteiger partial charge >= 0.3 is 0 Å². The molecule has 3 heterocycles. The Hall–Kier alpha value is -3.62. The highest BCUT2D eigenvalue weighted by molar-refractivity contribution is 6.08. The highest BCUT2D eigenvalue weighted by Gasteiger charge is 2.31. The van der Waals surface area contributed by atoms with Crippen molar-refractivity contribution in [3.63, 3.8) is 0 Å². The van der Waals surface area contributed by atoms with Gasteiger partial charge in [-0.15, -0.1) is 0 Å². The van der Waals surface area contributed by atoms with E-state index in [9.17, 15) is 9.59 Å². The Bertz CT molecular complexity index is 1220. The summed E-state index contributed by atoms with van der Waals surface area (Å²) in [5, 5.41) is 12.1. The van der Waals surface area contributed by atoms with Crippen LogP contribution in [-0.2, 0) is 11.2 Å². The minimum absolute atomic E-state index is 0.0164. The summed E-state index contributed by atoms with van der Waals surface area (Å²) in [6.07, 6.45) is 7.21. The van der Waals surface area contributed by atoms with E-state index in [1.165, 1.54) is 19.4 Å². The molecular weight excluding hydrogens is 384 g/mol. The number of pyridine rings is 2. The second kappa shape index (κ2) is 8.02. The molecule has 0 unspecified atom stereocenters. The van der Waals surface area contributed by atoms with Gasteiger partial charge < -0.3 is 20.7 Å². The lowest BCUT2D eigenvalue weighted by molar-refractivity contribution is -0.117. The summed E-state index contributed by atoms with van der Waals surface area (Å²) in [6.45, 7) is -0.711. The van der Waals surface area contributed by atoms with Crippen molar-refractivity contribution in [2.24, 2.45) is 5.92 Å². The molecule has 0 saturated heterocycles. The lowest BCUT2D eigenvalue weighted by Crippen LogP contribution is -2.24. The first-order valence-corrected chi connectivity index (χ1v) is 9.64. The molecule has 3 aromatic heterocycles. The highest BCUT2D eigenvalue weighted by Crippen LogP contribution is 2.36. The fourth-order valence-corrected chi connectivity index (χ4v) is 3.34. The summed E-state index contributed by atoms with van der Waals surface area (Å²) in [4.78, 5) is 29.4. The second-order valence-corrected chi connectivity index (χ2v) is 7.00. The molecule has 0 radical (unpaired) electrons. The molecule has 0 spiro atoms. The van der Waals surface area contributed by atoms with Crippen LogP contribution in [0.2, 0.25) is 0 Å². The molecule has 1 aliphatic rings. The second-order valence-electron chi connectivity index (χ2n) is 7.00. The molecule has 0 atom stereocenters. The number of ether oxygens (including phenoxy) is 1. The molecule has 156 valence electrons. The van der Waals surface area contributed by atoms with Crippen molar-refractivity contribution in [2.75, 3.05) is 24.7 Å². The third-order valence-electron chi connectivity index (χ3n) is 5.05. The average Bonchev–Trinajstić information content (AvgIpc) is 3.52. The Balaban J connectivity index is 1.78. The fourth-order valence-electron chi connectivity index (χ4n) is 3.34. The van der Waals surface area contributed by atoms with E-state index in [4.69, 9.17) is 8.85 Å². The van der Waals surface area contributed by atoms with Gasteiger partial charge in [-0.05, 0) is 31.4 Å². The van der Waals surface area contributed by atoms with Crippen LogP contribution in [0.3, 0.4) is 0 Å². The molecule has 1 aliphatic carbocycles. The van der Waals surface area contributed by atoms with E-state index >= 15 is 0 Å². The van der Waals surface area contributed by atoms with Crippen LogP contribution < -0.4 is 20.7 Å². The van der Waals surface area contributed by atoms with E-state index in [-0.39, 0.29) is 28.9 Å². The number of carbonyl (C=O) groups excluding carboxylic acids is 2. The molecule has 3 aromatic rings. The minimum atomic E-state index is -2.72. The first kappa shape index (κ1) is 16.2. The molecular formula is C21H24N6O3. The Morgan fingerprint density at radius 1 is 1.33 bits per heavy atom. The topological polar surface area (TPSA) is 110 Å². The summed E-state index contributed by atoms with van der Waals surface area (Å²) in [6, 6.07) is 3.26. The first-order valence-electron chi connectivity index (χ1n) is 11.1. The van der Waals surface area contributed by atoms with Crippen LogP contribution in [0.4, 0.5) is 17.2 Å². The zero-order chi connectivity index (χ0) is 23.8. The SMILES string of the molecule is [2H]C([2H])([2H])NC(=O)c1c(Nc2ccn3ncc(CC)c3c2OC)ccnc1NC(=O)C1CC1. The molecule has 2 amide bonds. The number of hydrogen-bond donors (Lipinski definition) is 3. The molecule has 1 fully saturated rings. The first-order chi connectivity index (χ1) is 15.7. The number of anilines is 3. The monoisotopic (exact) mass is 411 g/mol. The van der Waals surface area contributed by atoms with Crippen LogP contribution in [-0.4, -0.2) is 40.5 Å². The van der Waals surface area contributed by atoms with Gasteiger partial charge in [0.05, 0.1) is 24.7 Å². The largest absolute Gasteiger partial charge is 0.492 e. The smallest absolute Gasteiger partial charge is 0.256 e. The number of carbonyl (C=O) groups is 2. The number of nitrogens with one attached hydrogen (secondary N) is 3. The normalized spacial score (nSPS) is 15.1. The standard InChI is InChI=1S/C21H24N6O3/c1-4-12-11-24-27-10-8-15(18(30-3)17(12)27)25-14-7-9-23-19(16(14)21(29)22-2)26-20(28)13-5-6-13/h7-11,13H,4-6H2,1-3H3,(H,22,29)(H2,23,25,26,28)/i2D3. The number of amides is 2. The van der Waals surface area contributed by atoms with E-state index < -0.39 is 12.9 Å². The van der Waals surface area contributed by atoms with E-state index in [2.05, 4.69) is 20.7 Å². The maximum Gasteiger partial charge on any atom is 0.256 e. The van der Waals surface area contributed by atoms with Crippen LogP contribution in [0.5, 0.6) is 5.75 Å². The zero-order valence-corrected chi connectivity index (χ0v) is 16.7. The summed E-state index contributed by atoms with van der Waals surface area (Å²) >= 11 is 0. The Morgan fingerprint density at radius 2 is 2.17 bits per heavy atom. The third kappa shape index (κ3) is 3.54. The molecule has 0 bridgehead atoms. The third-order valence-corrected chi connectivity index (χ3v) is 5.05. The summed E-state index contributed by atoms with van der Waals surface area (Å²) in [5.74, 6) is -0.783. The van der Waals surface area contributed by atoms with Crippen LogP contribution in [0.15, 0.2) is 30.7 Å². The van der Waals surface area contributed by atoms with Crippen molar-refractivity contribution in [1.29, 1.82) is 0 Å². The van der Waals surface area contributed by atoms with Crippen LogP contribution in [0, 0.1) is 5.92 Å². The summed E-state index contributed by atoms with van der Waals surface area (Å²) in [7, 11) is 1.53. The minimum Gasteiger partial charge on any atom is -0.492 e. The van der Waals surface area contributed by atoms with Gasteiger partial charge in [0.15, 0.2) is 5.75 Å². The maximum atomic E-state index is 12.9. The Labute approximate surface area is 178 Å². The van der Waals surface area contributed by atoms with Crippen molar-refractivity contribution < 1.29 is 18.4 Å². The van der Waals surface area contributed by atoms with Gasteiger partial charge in [0, 0.05) is 35.0 Å². The number of fused-ring (bicyclic) bond motifs is 1. The molecule has 0 aliphatic heterocycles. The summed E-state index contributed by atoms with van der Waals surface area (Å²) in [5.41, 5.74) is 2.46. The van der Waals surface area contributed by atoms with Gasteiger partial charge in [-0.25, -0.2) is 9.50 Å². The van der Waals surface area contributed by atoms with Gasteiger partial charge in [0.1, 0.15) is 16.9 Å². The maximum absolute atomic E-state index is 12.9. The van der Waals surface area contributed by atoms with Crippen molar-refractivity contribution in [3.8, 4) is 5.75 Å². The Kier molecular flexibility index (Phi) is 4.33. The molecule has 1 saturated carbocycles. The quantitative estimate of drug-likeness (QED) is 0.552. The lowest BCUT2D eigenvalue weighted by atomic mass is 10.1. The average molecular weight is 411 g/mol. The van der Waals surface area contributed by atoms with Crippen LogP contribution >= 0.6 is 0 Å². The van der Waals surface area contributed by atoms with E-state index in [1.807, 2.05) is 12.2 Å². The van der Waals surface area contributed by atoms with Crippen molar-refractivity contribution in [3.05, 3.63) is 41.9 Å². The van der Waals surface area contributed by atoms with E-state index in [1.54, 1.807) is 23.0 Å². The molecule has 9 nitrogen and oxygen atoms in total. The number of hydrogen-bond acceptors (Lipinski definition) is 6. The van der Waals surface area contributed by atoms with Crippen molar-refractivity contribution in [2.45, 2.75) is 26.2 Å². The predicted molar refractivity (Wildman–Crippen MR) is 113 cm³/mol. The van der Waals surface area contributed by atoms with Crippen LogP contribution in [0.1, 0.15) is 39.8 Å². The number of aryl methyl sites for hydroxylation is 1. The molecule has 4 rings (SSSR count). The van der Waals surface area contributed by atoms with Gasteiger partial charge in [0.2, 0.25) is 5.91 Å². The van der Waals surface area contributed by atoms with Gasteiger partial charge in [-0.2, -0.15) is 5.10 Å². The van der Waals surface area contributed by atoms with Gasteiger partial charge in [0.25, 0.3) is 5.91 Å². The fraction of sp³-hybridized carbons (Fsp3) is 0.333. The van der Waals surface area contributed by atoms with Crippen molar-refractivity contribution >= 4 is 34.5 Å². The zero-order valence-electron chi connectivity index (χ0n) is 19.7. The number of rotatable bonds is 7. The number of methoxy groups -OCH3 is 1. The predicted octanol–water partition coefficient (Wildman–Crippen LogP) is 2.75. The summed E-state index contributed by atoms with van der Waals surface area (Å²) < 4.78 is 29.6. The molecule has 30 heavy (non-hydrogen) atoms. The lowest BCUT2D eigenvalue weighted by Gasteiger charge is -2.17. The van der Waals surface area contributed by atoms with Crippen LogP contribution in [0.25, 0.3) is 5.52 Å². The Morgan fingerprint density at radius 3 is 2.87 bits per heavy atom. The molecule has 3 N–H and O–H groups in total. The van der Waals surface area contributed by atoms with E-state index in [0.717, 1.165) is 30.3 Å². The van der Waals surface area contributed by atoms with Crippen molar-refractivity contribution in [1.82, 2.24) is 19.9 Å². The highest BCUT2D eigenvalue weighted by atomic mass is 16.5.